The summed E-state index contributed by atoms with van der Waals surface area (Å²) in [5, 5.41) is 22.6. The molecular formula is C26H21ClN2O7. The number of aliphatic hydroxyl groups is 1. The van der Waals surface area contributed by atoms with Crippen LogP contribution in [0.15, 0.2) is 72.3 Å². The number of rotatable bonds is 7. The van der Waals surface area contributed by atoms with E-state index in [1.807, 2.05) is 0 Å². The van der Waals surface area contributed by atoms with Gasteiger partial charge in [-0.1, -0.05) is 23.7 Å². The third-order valence-electron chi connectivity index (χ3n) is 5.69. The molecule has 1 heterocycles. The van der Waals surface area contributed by atoms with E-state index in [1.165, 1.54) is 36.3 Å². The first kappa shape index (κ1) is 24.7. The summed E-state index contributed by atoms with van der Waals surface area (Å²) in [5.74, 6) is -1.39. The van der Waals surface area contributed by atoms with Crippen LogP contribution in [-0.4, -0.2) is 35.4 Å². The molecule has 9 nitrogen and oxygen atoms in total. The Morgan fingerprint density at radius 1 is 1.08 bits per heavy atom. The largest absolute Gasteiger partial charge is 0.507 e. The van der Waals surface area contributed by atoms with Crippen molar-refractivity contribution in [3.05, 3.63) is 98.6 Å². The number of anilines is 1. The Morgan fingerprint density at radius 3 is 2.42 bits per heavy atom. The fourth-order valence-corrected chi connectivity index (χ4v) is 4.25. The van der Waals surface area contributed by atoms with Gasteiger partial charge in [-0.3, -0.25) is 24.6 Å². The number of hydrogen-bond donors (Lipinski definition) is 1. The summed E-state index contributed by atoms with van der Waals surface area (Å²) >= 11 is 6.17. The van der Waals surface area contributed by atoms with Crippen LogP contribution in [0.5, 0.6) is 11.5 Å². The number of hydrogen-bond acceptors (Lipinski definition) is 7. The summed E-state index contributed by atoms with van der Waals surface area (Å²) in [6, 6.07) is 15.4. The number of carbonyl (C=O) groups is 2. The molecule has 3 aromatic rings. The maximum absolute atomic E-state index is 13.3. The Bertz CT molecular complexity index is 1390. The van der Waals surface area contributed by atoms with Crippen LogP contribution in [0.4, 0.5) is 11.4 Å². The number of benzene rings is 3. The van der Waals surface area contributed by atoms with Crippen LogP contribution in [0.3, 0.4) is 0 Å². The smallest absolute Gasteiger partial charge is 0.300 e. The molecule has 1 fully saturated rings. The molecule has 10 heteroatoms. The molecule has 0 bridgehead atoms. The lowest BCUT2D eigenvalue weighted by Crippen LogP contribution is -2.29. The Kier molecular flexibility index (Phi) is 6.93. The first-order valence-corrected chi connectivity index (χ1v) is 11.3. The van der Waals surface area contributed by atoms with E-state index >= 15 is 0 Å². The summed E-state index contributed by atoms with van der Waals surface area (Å²) < 4.78 is 11.0. The van der Waals surface area contributed by atoms with Gasteiger partial charge in [0.05, 0.1) is 30.3 Å². The minimum absolute atomic E-state index is 0.147. The molecular weight excluding hydrogens is 488 g/mol. The number of Topliss-reactive ketones (excluding diaryl/α,β-unsaturated/α-hetero) is 1. The number of amides is 1. The van der Waals surface area contributed by atoms with Crippen molar-refractivity contribution < 1.29 is 29.1 Å². The number of ketones is 1. The topological polar surface area (TPSA) is 119 Å². The molecule has 1 N–H and O–H groups in total. The van der Waals surface area contributed by atoms with Crippen LogP contribution in [0.25, 0.3) is 5.76 Å². The van der Waals surface area contributed by atoms with Crippen LogP contribution < -0.4 is 14.4 Å². The van der Waals surface area contributed by atoms with Gasteiger partial charge in [-0.2, -0.15) is 0 Å². The average molecular weight is 509 g/mol. The fraction of sp³-hybridized carbons (Fsp3) is 0.154. The first-order valence-electron chi connectivity index (χ1n) is 10.9. The second-order valence-corrected chi connectivity index (χ2v) is 8.23. The van der Waals surface area contributed by atoms with Crippen LogP contribution in [0, 0.1) is 10.1 Å². The van der Waals surface area contributed by atoms with Crippen molar-refractivity contribution in [3.63, 3.8) is 0 Å². The van der Waals surface area contributed by atoms with E-state index < -0.39 is 28.4 Å². The zero-order valence-corrected chi connectivity index (χ0v) is 20.1. The van der Waals surface area contributed by atoms with Crippen molar-refractivity contribution >= 4 is 40.4 Å². The highest BCUT2D eigenvalue weighted by Crippen LogP contribution is 2.44. The third-order valence-corrected chi connectivity index (χ3v) is 5.92. The van der Waals surface area contributed by atoms with E-state index in [1.54, 1.807) is 49.4 Å². The van der Waals surface area contributed by atoms with Gasteiger partial charge in [-0.15, -0.1) is 0 Å². The molecule has 1 unspecified atom stereocenters. The third kappa shape index (κ3) is 4.48. The molecule has 36 heavy (non-hydrogen) atoms. The molecule has 0 saturated carbocycles. The second-order valence-electron chi connectivity index (χ2n) is 7.80. The van der Waals surface area contributed by atoms with Gasteiger partial charge < -0.3 is 14.6 Å². The number of methoxy groups -OCH3 is 1. The average Bonchev–Trinajstić information content (AvgIpc) is 3.14. The molecule has 184 valence electrons. The van der Waals surface area contributed by atoms with Gasteiger partial charge in [0, 0.05) is 28.4 Å². The van der Waals surface area contributed by atoms with E-state index in [-0.39, 0.29) is 16.8 Å². The number of aliphatic hydroxyl groups excluding tert-OH is 1. The Labute approximate surface area is 211 Å². The molecule has 0 aliphatic carbocycles. The maximum Gasteiger partial charge on any atom is 0.300 e. The second kappa shape index (κ2) is 10.1. The van der Waals surface area contributed by atoms with Crippen molar-refractivity contribution in [2.75, 3.05) is 18.6 Å². The highest BCUT2D eigenvalue weighted by atomic mass is 35.5. The van der Waals surface area contributed by atoms with Crippen molar-refractivity contribution in [1.82, 2.24) is 0 Å². The minimum Gasteiger partial charge on any atom is -0.507 e. The zero-order chi connectivity index (χ0) is 26.0. The Morgan fingerprint density at radius 2 is 1.81 bits per heavy atom. The molecule has 0 radical (unpaired) electrons. The van der Waals surface area contributed by atoms with Gasteiger partial charge in [0.15, 0.2) is 11.5 Å². The molecule has 1 amide bonds. The van der Waals surface area contributed by atoms with Crippen molar-refractivity contribution in [2.24, 2.45) is 0 Å². The number of carbonyl (C=O) groups excluding carboxylic acids is 2. The lowest BCUT2D eigenvalue weighted by Gasteiger charge is -2.26. The van der Waals surface area contributed by atoms with Crippen molar-refractivity contribution in [3.8, 4) is 11.5 Å². The summed E-state index contributed by atoms with van der Waals surface area (Å²) in [7, 11) is 1.49. The molecule has 0 spiro atoms. The highest BCUT2D eigenvalue weighted by Gasteiger charge is 2.47. The summed E-state index contributed by atoms with van der Waals surface area (Å²) in [6.45, 7) is 2.15. The number of nitro groups is 1. The first-order chi connectivity index (χ1) is 17.3. The van der Waals surface area contributed by atoms with E-state index in [0.717, 1.165) is 0 Å². The summed E-state index contributed by atoms with van der Waals surface area (Å²) in [4.78, 5) is 38.2. The normalized spacial score (nSPS) is 16.8. The Balaban J connectivity index is 1.95. The number of halogens is 1. The van der Waals surface area contributed by atoms with Crippen LogP contribution >= 0.6 is 11.6 Å². The molecule has 1 saturated heterocycles. The summed E-state index contributed by atoms with van der Waals surface area (Å²) in [6.07, 6.45) is 0. The number of nitro benzene ring substituents is 1. The van der Waals surface area contributed by atoms with Gasteiger partial charge >= 0.3 is 0 Å². The van der Waals surface area contributed by atoms with E-state index in [9.17, 15) is 24.8 Å². The van der Waals surface area contributed by atoms with Crippen LogP contribution in [-0.2, 0) is 9.59 Å². The summed E-state index contributed by atoms with van der Waals surface area (Å²) in [5.41, 5.74) is 0.613. The van der Waals surface area contributed by atoms with Gasteiger partial charge in [0.25, 0.3) is 17.4 Å². The van der Waals surface area contributed by atoms with Crippen molar-refractivity contribution in [1.29, 1.82) is 0 Å². The predicted octanol–water partition coefficient (Wildman–Crippen LogP) is 5.28. The van der Waals surface area contributed by atoms with E-state index in [4.69, 9.17) is 21.1 Å². The van der Waals surface area contributed by atoms with Gasteiger partial charge in [-0.25, -0.2) is 0 Å². The van der Waals surface area contributed by atoms with Crippen molar-refractivity contribution in [2.45, 2.75) is 13.0 Å². The lowest BCUT2D eigenvalue weighted by molar-refractivity contribution is -0.384. The monoisotopic (exact) mass is 508 g/mol. The fourth-order valence-electron chi connectivity index (χ4n) is 4.07. The molecule has 3 aromatic carbocycles. The van der Waals surface area contributed by atoms with Gasteiger partial charge in [0.1, 0.15) is 5.76 Å². The SMILES string of the molecule is CCOc1cc(C2/C(=C(/O)c3ccc([N+](=O)[O-])cc3)C(=O)C(=O)N2c2cccc(Cl)c2)ccc1OC. The molecule has 1 atom stereocenters. The minimum atomic E-state index is -1.04. The lowest BCUT2D eigenvalue weighted by atomic mass is 9.94. The molecule has 0 aromatic heterocycles. The highest BCUT2D eigenvalue weighted by molar-refractivity contribution is 6.51. The van der Waals surface area contributed by atoms with Gasteiger partial charge in [0.2, 0.25) is 0 Å². The number of nitrogens with zero attached hydrogens (tertiary/aromatic N) is 2. The predicted molar refractivity (Wildman–Crippen MR) is 133 cm³/mol. The van der Waals surface area contributed by atoms with Crippen LogP contribution in [0.2, 0.25) is 5.02 Å². The maximum atomic E-state index is 13.3. The molecule has 1 aliphatic rings. The molecule has 4 rings (SSSR count). The standard InChI is InChI=1S/C26H21ClN2O7/c1-3-36-21-13-16(9-12-20(21)35-2)23-22(24(30)15-7-10-18(11-8-15)29(33)34)25(31)26(32)28(23)19-6-4-5-17(27)14-19/h4-14,23,30H,3H2,1-2H3/b24-22-. The van der Waals surface area contributed by atoms with Crippen LogP contribution in [0.1, 0.15) is 24.1 Å². The zero-order valence-electron chi connectivity index (χ0n) is 19.3. The molecule has 1 aliphatic heterocycles. The quantitative estimate of drug-likeness (QED) is 0.151. The van der Waals surface area contributed by atoms with E-state index in [2.05, 4.69) is 0 Å². The van der Waals surface area contributed by atoms with Gasteiger partial charge in [-0.05, 0) is 55.0 Å². The number of ether oxygens (including phenoxy) is 2. The Hall–Kier alpha value is -4.37. The van der Waals surface area contributed by atoms with E-state index in [0.29, 0.717) is 34.4 Å². The number of non-ortho nitro benzene ring substituents is 1.